The Morgan fingerprint density at radius 3 is 2.74 bits per heavy atom. The number of carbonyl (C=O) groups excluding carboxylic acids is 1. The Kier molecular flexibility index (Phi) is 2.84. The first-order valence-corrected chi connectivity index (χ1v) is 6.00. The zero-order valence-electron chi connectivity index (χ0n) is 9.69. The Balaban J connectivity index is 2.16. The lowest BCUT2D eigenvalue weighted by atomic mass is 10.0. The number of furan rings is 1. The molecule has 0 N–H and O–H groups in total. The number of benzene rings is 2. The Labute approximate surface area is 113 Å². The van der Waals surface area contributed by atoms with Crippen LogP contribution < -0.4 is 0 Å². The van der Waals surface area contributed by atoms with Gasteiger partial charge < -0.3 is 4.42 Å². The molecule has 3 rings (SSSR count). The highest BCUT2D eigenvalue weighted by atomic mass is 35.5. The molecule has 4 heteroatoms. The smallest absolute Gasteiger partial charge is 0.198 e. The van der Waals surface area contributed by atoms with Gasteiger partial charge in [-0.2, -0.15) is 0 Å². The van der Waals surface area contributed by atoms with Gasteiger partial charge in [0.05, 0.1) is 10.6 Å². The maximum Gasteiger partial charge on any atom is 0.198 e. The highest BCUT2D eigenvalue weighted by Crippen LogP contribution is 2.26. The van der Waals surface area contributed by atoms with Crippen LogP contribution in [0.5, 0.6) is 0 Å². The molecule has 94 valence electrons. The normalized spacial score (nSPS) is 10.8. The van der Waals surface area contributed by atoms with E-state index >= 15 is 0 Å². The van der Waals surface area contributed by atoms with Crippen molar-refractivity contribution in [3.05, 3.63) is 70.7 Å². The zero-order chi connectivity index (χ0) is 13.4. The van der Waals surface area contributed by atoms with Gasteiger partial charge in [0, 0.05) is 10.9 Å². The van der Waals surface area contributed by atoms with Crippen LogP contribution in [0, 0.1) is 5.82 Å². The van der Waals surface area contributed by atoms with Crippen LogP contribution in [-0.4, -0.2) is 5.78 Å². The molecule has 0 fully saturated rings. The average Bonchev–Trinajstić information content (AvgIpc) is 2.84. The summed E-state index contributed by atoms with van der Waals surface area (Å²) < 4.78 is 18.5. The van der Waals surface area contributed by atoms with Crippen LogP contribution in [0.1, 0.15) is 15.9 Å². The molecule has 3 aromatic rings. The van der Waals surface area contributed by atoms with Crippen molar-refractivity contribution in [2.75, 3.05) is 0 Å². The fourth-order valence-corrected chi connectivity index (χ4v) is 2.17. The molecule has 0 radical (unpaired) electrons. The summed E-state index contributed by atoms with van der Waals surface area (Å²) in [5.41, 5.74) is 1.12. The van der Waals surface area contributed by atoms with Gasteiger partial charge >= 0.3 is 0 Å². The number of ketones is 1. The summed E-state index contributed by atoms with van der Waals surface area (Å²) in [5, 5.41) is 0.907. The van der Waals surface area contributed by atoms with Gasteiger partial charge in [-0.25, -0.2) is 4.39 Å². The molecular formula is C15H8ClFO2. The van der Waals surface area contributed by atoms with Crippen LogP contribution in [0.25, 0.3) is 11.0 Å². The molecule has 1 aromatic heterocycles. The van der Waals surface area contributed by atoms with Gasteiger partial charge in [0.15, 0.2) is 5.78 Å². The molecule has 2 aromatic carbocycles. The first kappa shape index (κ1) is 11.9. The van der Waals surface area contributed by atoms with E-state index in [2.05, 4.69) is 0 Å². The predicted molar refractivity (Wildman–Crippen MR) is 71.1 cm³/mol. The van der Waals surface area contributed by atoms with Crippen molar-refractivity contribution >= 4 is 28.4 Å². The van der Waals surface area contributed by atoms with Crippen molar-refractivity contribution < 1.29 is 13.6 Å². The largest absolute Gasteiger partial charge is 0.464 e. The minimum absolute atomic E-state index is 0.133. The summed E-state index contributed by atoms with van der Waals surface area (Å²) in [6.45, 7) is 0. The van der Waals surface area contributed by atoms with E-state index in [0.717, 1.165) is 6.07 Å². The lowest BCUT2D eigenvalue weighted by Gasteiger charge is -2.02. The minimum Gasteiger partial charge on any atom is -0.464 e. The Morgan fingerprint density at radius 2 is 1.89 bits per heavy atom. The molecule has 0 aliphatic carbocycles. The number of hydrogen-bond donors (Lipinski definition) is 0. The number of hydrogen-bond acceptors (Lipinski definition) is 2. The Bertz CT molecular complexity index is 777. The number of carbonyl (C=O) groups is 1. The molecule has 0 bridgehead atoms. The summed E-state index contributed by atoms with van der Waals surface area (Å²) in [7, 11) is 0. The van der Waals surface area contributed by atoms with Crippen molar-refractivity contribution in [1.82, 2.24) is 0 Å². The molecule has 0 aliphatic rings. The summed E-state index contributed by atoms with van der Waals surface area (Å²) in [4.78, 5) is 12.4. The quantitative estimate of drug-likeness (QED) is 0.646. The first-order valence-electron chi connectivity index (χ1n) is 5.63. The van der Waals surface area contributed by atoms with Crippen LogP contribution in [0.4, 0.5) is 4.39 Å². The minimum atomic E-state index is -0.499. The molecule has 0 amide bonds. The van der Waals surface area contributed by atoms with E-state index in [1.54, 1.807) is 12.1 Å². The van der Waals surface area contributed by atoms with E-state index < -0.39 is 5.82 Å². The van der Waals surface area contributed by atoms with Crippen LogP contribution in [0.3, 0.4) is 0 Å². The SMILES string of the molecule is O=C(c1cc(F)ccc1Cl)c1coc2ccccc12. The fourth-order valence-electron chi connectivity index (χ4n) is 1.97. The van der Waals surface area contributed by atoms with Gasteiger partial charge in [-0.1, -0.05) is 29.8 Å². The van der Waals surface area contributed by atoms with E-state index in [1.165, 1.54) is 18.4 Å². The number of halogens is 2. The zero-order valence-corrected chi connectivity index (χ0v) is 10.4. The predicted octanol–water partition coefficient (Wildman–Crippen LogP) is 4.46. The second kappa shape index (κ2) is 4.52. The average molecular weight is 275 g/mol. The van der Waals surface area contributed by atoms with Gasteiger partial charge in [0.2, 0.25) is 0 Å². The molecular weight excluding hydrogens is 267 g/mol. The van der Waals surface area contributed by atoms with E-state index in [1.807, 2.05) is 12.1 Å². The van der Waals surface area contributed by atoms with E-state index in [-0.39, 0.29) is 16.4 Å². The van der Waals surface area contributed by atoms with Crippen molar-refractivity contribution in [2.24, 2.45) is 0 Å². The molecule has 1 heterocycles. The highest BCUT2D eigenvalue weighted by molar-refractivity contribution is 6.35. The Morgan fingerprint density at radius 1 is 1.11 bits per heavy atom. The second-order valence-electron chi connectivity index (χ2n) is 4.10. The van der Waals surface area contributed by atoms with Gasteiger partial charge in [0.25, 0.3) is 0 Å². The van der Waals surface area contributed by atoms with E-state index in [9.17, 15) is 9.18 Å². The topological polar surface area (TPSA) is 30.2 Å². The third kappa shape index (κ3) is 2.02. The monoisotopic (exact) mass is 274 g/mol. The maximum absolute atomic E-state index is 13.2. The molecule has 0 saturated carbocycles. The molecule has 19 heavy (non-hydrogen) atoms. The van der Waals surface area contributed by atoms with Gasteiger partial charge in [-0.05, 0) is 24.3 Å². The number of fused-ring (bicyclic) bond motifs is 1. The van der Waals surface area contributed by atoms with Gasteiger partial charge in [0.1, 0.15) is 17.7 Å². The number of rotatable bonds is 2. The summed E-state index contributed by atoms with van der Waals surface area (Å²) in [6.07, 6.45) is 1.37. The van der Waals surface area contributed by atoms with Crippen LogP contribution in [0.15, 0.2) is 53.1 Å². The third-order valence-corrected chi connectivity index (χ3v) is 3.23. The molecule has 2 nitrogen and oxygen atoms in total. The molecule has 0 spiro atoms. The molecule has 0 atom stereocenters. The van der Waals surface area contributed by atoms with Gasteiger partial charge in [-0.3, -0.25) is 4.79 Å². The molecule has 0 unspecified atom stereocenters. The number of para-hydroxylation sites is 1. The summed E-state index contributed by atoms with van der Waals surface area (Å²) in [6, 6.07) is 10.9. The van der Waals surface area contributed by atoms with Crippen molar-refractivity contribution in [1.29, 1.82) is 0 Å². The fraction of sp³-hybridized carbons (Fsp3) is 0. The maximum atomic E-state index is 13.2. The Hall–Kier alpha value is -2.13. The second-order valence-corrected chi connectivity index (χ2v) is 4.51. The molecule has 0 saturated heterocycles. The van der Waals surface area contributed by atoms with E-state index in [0.29, 0.717) is 16.5 Å². The summed E-state index contributed by atoms with van der Waals surface area (Å²) in [5.74, 6) is -0.852. The highest BCUT2D eigenvalue weighted by Gasteiger charge is 2.18. The summed E-state index contributed by atoms with van der Waals surface area (Å²) >= 11 is 5.94. The molecule has 0 aliphatic heterocycles. The van der Waals surface area contributed by atoms with Crippen molar-refractivity contribution in [2.45, 2.75) is 0 Å². The third-order valence-electron chi connectivity index (χ3n) is 2.90. The lowest BCUT2D eigenvalue weighted by Crippen LogP contribution is -2.01. The van der Waals surface area contributed by atoms with Crippen molar-refractivity contribution in [3.8, 4) is 0 Å². The van der Waals surface area contributed by atoms with Crippen molar-refractivity contribution in [3.63, 3.8) is 0 Å². The van der Waals surface area contributed by atoms with Gasteiger partial charge in [-0.15, -0.1) is 0 Å². The van der Waals surface area contributed by atoms with Crippen LogP contribution in [0.2, 0.25) is 5.02 Å². The van der Waals surface area contributed by atoms with Crippen LogP contribution in [-0.2, 0) is 0 Å². The first-order chi connectivity index (χ1) is 9.16. The van der Waals surface area contributed by atoms with E-state index in [4.69, 9.17) is 16.0 Å². The standard InChI is InChI=1S/C15H8ClFO2/c16-13-6-5-9(17)7-11(13)15(18)12-8-19-14-4-2-1-3-10(12)14/h1-8H. The van der Waals surface area contributed by atoms with Crippen LogP contribution >= 0.6 is 11.6 Å². The lowest BCUT2D eigenvalue weighted by molar-refractivity contribution is 0.103.